The van der Waals surface area contributed by atoms with Crippen molar-refractivity contribution in [2.75, 3.05) is 13.2 Å². The van der Waals surface area contributed by atoms with E-state index in [1.165, 1.54) is 0 Å². The molecule has 1 saturated heterocycles. The van der Waals surface area contributed by atoms with E-state index in [0.29, 0.717) is 30.3 Å². The Kier molecular flexibility index (Phi) is 6.08. The lowest BCUT2D eigenvalue weighted by Crippen LogP contribution is -2.46. The standard InChI is InChI=1S/C18H21ClN4O4/c1-2-9-22-17(25)15(16(24)20-11-14-4-3-10-27-14)21-23(18(22)26)13-7-5-12(19)6-8-13/h5-8,14H,2-4,9-11H2,1H3,(H,20,24). The van der Waals surface area contributed by atoms with Gasteiger partial charge in [0.2, 0.25) is 5.69 Å². The summed E-state index contributed by atoms with van der Waals surface area (Å²) in [6, 6.07) is 6.42. The van der Waals surface area contributed by atoms with Crippen molar-refractivity contribution in [3.05, 3.63) is 55.8 Å². The van der Waals surface area contributed by atoms with Crippen molar-refractivity contribution in [2.24, 2.45) is 0 Å². The maximum absolute atomic E-state index is 12.7. The molecule has 0 spiro atoms. The maximum atomic E-state index is 12.7. The van der Waals surface area contributed by atoms with Gasteiger partial charge in [-0.2, -0.15) is 9.78 Å². The van der Waals surface area contributed by atoms with Crippen molar-refractivity contribution >= 4 is 17.5 Å². The first-order valence-electron chi connectivity index (χ1n) is 8.91. The second kappa shape index (κ2) is 8.49. The molecule has 1 aromatic heterocycles. The number of halogens is 1. The highest BCUT2D eigenvalue weighted by molar-refractivity contribution is 6.30. The van der Waals surface area contributed by atoms with E-state index < -0.39 is 17.2 Å². The molecule has 3 rings (SSSR count). The first-order valence-corrected chi connectivity index (χ1v) is 9.29. The van der Waals surface area contributed by atoms with Gasteiger partial charge in [-0.05, 0) is 43.5 Å². The lowest BCUT2D eigenvalue weighted by molar-refractivity contribution is 0.0849. The zero-order valence-electron chi connectivity index (χ0n) is 15.0. The molecule has 0 radical (unpaired) electrons. The fourth-order valence-electron chi connectivity index (χ4n) is 2.92. The minimum Gasteiger partial charge on any atom is -0.376 e. The zero-order chi connectivity index (χ0) is 19.4. The number of hydrogen-bond acceptors (Lipinski definition) is 5. The van der Waals surface area contributed by atoms with Crippen LogP contribution in [0.15, 0.2) is 33.9 Å². The fourth-order valence-corrected chi connectivity index (χ4v) is 3.05. The monoisotopic (exact) mass is 392 g/mol. The maximum Gasteiger partial charge on any atom is 0.352 e. The molecule has 2 heterocycles. The Balaban J connectivity index is 1.99. The van der Waals surface area contributed by atoms with Gasteiger partial charge in [0.05, 0.1) is 11.8 Å². The molecular weight excluding hydrogens is 372 g/mol. The Morgan fingerprint density at radius 3 is 2.70 bits per heavy atom. The normalized spacial score (nSPS) is 16.4. The van der Waals surface area contributed by atoms with Gasteiger partial charge in [-0.25, -0.2) is 4.79 Å². The molecule has 0 aliphatic carbocycles. The van der Waals surface area contributed by atoms with Crippen molar-refractivity contribution in [2.45, 2.75) is 38.8 Å². The van der Waals surface area contributed by atoms with Crippen molar-refractivity contribution in [3.8, 4) is 5.69 Å². The smallest absolute Gasteiger partial charge is 0.352 e. The van der Waals surface area contributed by atoms with Gasteiger partial charge in [-0.1, -0.05) is 18.5 Å². The summed E-state index contributed by atoms with van der Waals surface area (Å²) in [7, 11) is 0. The molecule has 1 N–H and O–H groups in total. The quantitative estimate of drug-likeness (QED) is 0.801. The average Bonchev–Trinajstić information content (AvgIpc) is 3.18. The summed E-state index contributed by atoms with van der Waals surface area (Å²) in [5, 5.41) is 7.22. The van der Waals surface area contributed by atoms with Crippen LogP contribution in [-0.2, 0) is 11.3 Å². The number of benzene rings is 1. The van der Waals surface area contributed by atoms with Crippen LogP contribution < -0.4 is 16.6 Å². The number of rotatable bonds is 6. The molecule has 1 aliphatic rings. The number of ether oxygens (including phenoxy) is 1. The summed E-state index contributed by atoms with van der Waals surface area (Å²) >= 11 is 5.89. The van der Waals surface area contributed by atoms with Crippen LogP contribution in [0.25, 0.3) is 5.69 Å². The molecule has 1 amide bonds. The first-order chi connectivity index (χ1) is 13.0. The zero-order valence-corrected chi connectivity index (χ0v) is 15.7. The lowest BCUT2D eigenvalue weighted by Gasteiger charge is -2.13. The fraction of sp³-hybridized carbons (Fsp3) is 0.444. The van der Waals surface area contributed by atoms with Crippen LogP contribution in [0.3, 0.4) is 0 Å². The molecule has 8 nitrogen and oxygen atoms in total. The predicted molar refractivity (Wildman–Crippen MR) is 101 cm³/mol. The van der Waals surface area contributed by atoms with Gasteiger partial charge < -0.3 is 10.1 Å². The van der Waals surface area contributed by atoms with Crippen LogP contribution in [0, 0.1) is 0 Å². The number of nitrogens with one attached hydrogen (secondary N) is 1. The van der Waals surface area contributed by atoms with Crippen LogP contribution >= 0.6 is 11.6 Å². The first kappa shape index (κ1) is 19.3. The highest BCUT2D eigenvalue weighted by Gasteiger charge is 2.22. The van der Waals surface area contributed by atoms with Crippen LogP contribution in [0.4, 0.5) is 0 Å². The highest BCUT2D eigenvalue weighted by atomic mass is 35.5. The number of hydrogen-bond donors (Lipinski definition) is 1. The van der Waals surface area contributed by atoms with E-state index in [-0.39, 0.29) is 18.3 Å². The number of carbonyl (C=O) groups excluding carboxylic acids is 1. The Morgan fingerprint density at radius 1 is 1.33 bits per heavy atom. The summed E-state index contributed by atoms with van der Waals surface area (Å²) in [4.78, 5) is 37.9. The Labute approximate surface area is 160 Å². The van der Waals surface area contributed by atoms with Crippen LogP contribution in [0.2, 0.25) is 5.02 Å². The molecular formula is C18H21ClN4O4. The van der Waals surface area contributed by atoms with Gasteiger partial charge in [0, 0.05) is 24.7 Å². The molecule has 9 heteroatoms. The number of amides is 1. The third-order valence-electron chi connectivity index (χ3n) is 4.31. The predicted octanol–water partition coefficient (Wildman–Crippen LogP) is 1.37. The van der Waals surface area contributed by atoms with E-state index in [4.69, 9.17) is 16.3 Å². The van der Waals surface area contributed by atoms with Crippen molar-refractivity contribution in [1.29, 1.82) is 0 Å². The second-order valence-electron chi connectivity index (χ2n) is 6.32. The SMILES string of the molecule is CCCn1c(=O)c(C(=O)NCC2CCCO2)nn(-c2ccc(Cl)cc2)c1=O. The summed E-state index contributed by atoms with van der Waals surface area (Å²) in [6.45, 7) is 3.01. The van der Waals surface area contributed by atoms with E-state index in [9.17, 15) is 14.4 Å². The topological polar surface area (TPSA) is 95.2 Å². The molecule has 0 bridgehead atoms. The summed E-state index contributed by atoms with van der Waals surface area (Å²) < 4.78 is 7.55. The molecule has 0 saturated carbocycles. The molecule has 1 aromatic carbocycles. The van der Waals surface area contributed by atoms with Gasteiger partial charge in [0.15, 0.2) is 0 Å². The third kappa shape index (κ3) is 4.28. The van der Waals surface area contributed by atoms with Crippen LogP contribution in [0.1, 0.15) is 36.7 Å². The molecule has 144 valence electrons. The molecule has 1 fully saturated rings. The summed E-state index contributed by atoms with van der Waals surface area (Å²) in [5.74, 6) is -0.622. The minimum atomic E-state index is -0.697. The molecule has 27 heavy (non-hydrogen) atoms. The summed E-state index contributed by atoms with van der Waals surface area (Å²) in [5.41, 5.74) is -1.20. The highest BCUT2D eigenvalue weighted by Crippen LogP contribution is 2.12. The van der Waals surface area contributed by atoms with E-state index >= 15 is 0 Å². The Morgan fingerprint density at radius 2 is 2.07 bits per heavy atom. The van der Waals surface area contributed by atoms with Gasteiger partial charge >= 0.3 is 5.69 Å². The van der Waals surface area contributed by atoms with Gasteiger partial charge in [0.1, 0.15) is 0 Å². The van der Waals surface area contributed by atoms with E-state index in [1.807, 2.05) is 6.92 Å². The van der Waals surface area contributed by atoms with Crippen molar-refractivity contribution < 1.29 is 9.53 Å². The van der Waals surface area contributed by atoms with Gasteiger partial charge in [0.25, 0.3) is 11.5 Å². The van der Waals surface area contributed by atoms with E-state index in [2.05, 4.69) is 10.4 Å². The summed E-state index contributed by atoms with van der Waals surface area (Å²) in [6.07, 6.45) is 2.31. The van der Waals surface area contributed by atoms with Gasteiger partial charge in [-0.15, -0.1) is 0 Å². The second-order valence-corrected chi connectivity index (χ2v) is 6.76. The molecule has 2 aromatic rings. The van der Waals surface area contributed by atoms with E-state index in [1.54, 1.807) is 24.3 Å². The van der Waals surface area contributed by atoms with Gasteiger partial charge in [-0.3, -0.25) is 14.2 Å². The van der Waals surface area contributed by atoms with Crippen LogP contribution in [0.5, 0.6) is 0 Å². The average molecular weight is 393 g/mol. The molecule has 1 atom stereocenters. The number of carbonyl (C=O) groups is 1. The van der Waals surface area contributed by atoms with Crippen LogP contribution in [-0.4, -0.2) is 39.5 Å². The molecule has 1 unspecified atom stereocenters. The number of nitrogens with zero attached hydrogens (tertiary/aromatic N) is 3. The third-order valence-corrected chi connectivity index (χ3v) is 4.56. The Bertz CT molecular complexity index is 930. The number of aromatic nitrogens is 3. The lowest BCUT2D eigenvalue weighted by atomic mass is 10.2. The van der Waals surface area contributed by atoms with Crippen molar-refractivity contribution in [3.63, 3.8) is 0 Å². The molecule has 1 aliphatic heterocycles. The van der Waals surface area contributed by atoms with Crippen molar-refractivity contribution in [1.82, 2.24) is 19.7 Å². The minimum absolute atomic E-state index is 0.0611. The Hall–Kier alpha value is -2.45. The largest absolute Gasteiger partial charge is 0.376 e. The van der Waals surface area contributed by atoms with E-state index in [0.717, 1.165) is 22.1 Å².